The molecule has 0 aliphatic carbocycles. The van der Waals surface area contributed by atoms with Crippen LogP contribution in [0.1, 0.15) is 38.2 Å². The van der Waals surface area contributed by atoms with Gasteiger partial charge >= 0.3 is 0 Å². The number of nitrogens with zero attached hydrogens (tertiary/aromatic N) is 1. The van der Waals surface area contributed by atoms with Crippen molar-refractivity contribution in [1.82, 2.24) is 10.2 Å². The molecule has 1 N–H and O–H groups in total. The third-order valence-corrected chi connectivity index (χ3v) is 5.39. The van der Waals surface area contributed by atoms with Crippen LogP contribution in [0.4, 0.5) is 0 Å². The normalized spacial score (nSPS) is 26.4. The van der Waals surface area contributed by atoms with Gasteiger partial charge in [0.2, 0.25) is 0 Å². The van der Waals surface area contributed by atoms with Crippen molar-refractivity contribution in [3.05, 3.63) is 28.8 Å². The van der Waals surface area contributed by atoms with E-state index in [1.807, 2.05) is 31.0 Å². The zero-order chi connectivity index (χ0) is 16.6. The van der Waals surface area contributed by atoms with E-state index in [1.54, 1.807) is 13.0 Å². The van der Waals surface area contributed by atoms with Crippen LogP contribution >= 0.6 is 24.0 Å². The molecular weight excluding hydrogens is 347 g/mol. The van der Waals surface area contributed by atoms with Crippen molar-refractivity contribution >= 4 is 29.9 Å². The first-order valence-corrected chi connectivity index (χ1v) is 8.77. The summed E-state index contributed by atoms with van der Waals surface area (Å²) in [5.41, 5.74) is 1.06. The van der Waals surface area contributed by atoms with Crippen molar-refractivity contribution in [2.45, 2.75) is 63.8 Å². The van der Waals surface area contributed by atoms with Gasteiger partial charge in [0.25, 0.3) is 5.91 Å². The lowest BCUT2D eigenvalue weighted by molar-refractivity contribution is -0.139. The largest absolute Gasteiger partial charge is 0.479 e. The summed E-state index contributed by atoms with van der Waals surface area (Å²) in [6.07, 6.45) is 4.00. The van der Waals surface area contributed by atoms with Gasteiger partial charge in [-0.15, -0.1) is 12.4 Å². The predicted molar refractivity (Wildman–Crippen MR) is 99.3 cm³/mol. The van der Waals surface area contributed by atoms with Gasteiger partial charge < -0.3 is 15.0 Å². The molecule has 2 saturated heterocycles. The Morgan fingerprint density at radius 1 is 1.33 bits per heavy atom. The van der Waals surface area contributed by atoms with Crippen molar-refractivity contribution in [2.24, 2.45) is 0 Å². The summed E-state index contributed by atoms with van der Waals surface area (Å²) in [5, 5.41) is 4.15. The lowest BCUT2D eigenvalue weighted by atomic mass is 9.98. The van der Waals surface area contributed by atoms with Crippen molar-refractivity contribution < 1.29 is 9.53 Å². The van der Waals surface area contributed by atoms with E-state index in [1.165, 1.54) is 12.8 Å². The number of fused-ring (bicyclic) bond motifs is 2. The quantitative estimate of drug-likeness (QED) is 0.877. The second kappa shape index (κ2) is 7.94. The minimum Gasteiger partial charge on any atom is -0.479 e. The Hall–Kier alpha value is -0.970. The molecule has 1 aromatic carbocycles. The predicted octanol–water partition coefficient (Wildman–Crippen LogP) is 3.58. The fourth-order valence-electron chi connectivity index (χ4n) is 3.75. The van der Waals surface area contributed by atoms with Crippen LogP contribution < -0.4 is 10.1 Å². The Balaban J connectivity index is 0.00000208. The molecule has 2 aliphatic rings. The van der Waals surface area contributed by atoms with Crippen molar-refractivity contribution in [1.29, 1.82) is 0 Å². The molecule has 0 aromatic heterocycles. The number of rotatable bonds is 4. The van der Waals surface area contributed by atoms with E-state index in [2.05, 4.69) is 5.32 Å². The third kappa shape index (κ3) is 4.16. The number of amides is 1. The number of nitrogens with one attached hydrogen (secondary N) is 1. The summed E-state index contributed by atoms with van der Waals surface area (Å²) in [6, 6.07) is 7.04. The van der Waals surface area contributed by atoms with E-state index in [4.69, 9.17) is 16.3 Å². The molecular formula is C18H26Cl2N2O2. The number of hydrogen-bond acceptors (Lipinski definition) is 3. The monoisotopic (exact) mass is 372 g/mol. The molecule has 4 nitrogen and oxygen atoms in total. The van der Waals surface area contributed by atoms with Gasteiger partial charge in [-0.25, -0.2) is 0 Å². The smallest absolute Gasteiger partial charge is 0.263 e. The first-order valence-electron chi connectivity index (χ1n) is 8.39. The maximum absolute atomic E-state index is 12.7. The average Bonchev–Trinajstić information content (AvgIpc) is 2.87. The van der Waals surface area contributed by atoms with E-state index in [0.29, 0.717) is 28.9 Å². The molecule has 3 rings (SSSR count). The molecule has 2 fully saturated rings. The molecule has 2 aliphatic heterocycles. The summed E-state index contributed by atoms with van der Waals surface area (Å²) < 4.78 is 5.83. The highest BCUT2D eigenvalue weighted by atomic mass is 35.5. The molecule has 0 saturated carbocycles. The van der Waals surface area contributed by atoms with Crippen molar-refractivity contribution in [3.8, 4) is 5.75 Å². The van der Waals surface area contributed by atoms with Crippen molar-refractivity contribution in [3.63, 3.8) is 0 Å². The number of carbonyl (C=O) groups is 1. The fraction of sp³-hybridized carbons (Fsp3) is 0.611. The number of benzene rings is 1. The molecule has 3 unspecified atom stereocenters. The summed E-state index contributed by atoms with van der Waals surface area (Å²) in [7, 11) is 1.90. The average molecular weight is 373 g/mol. The Bertz CT molecular complexity index is 584. The SMILES string of the molecule is Cc1ccc(Cl)c(OC(C)C(=O)N(C)C2CC3CCC(C2)N3)c1.Cl. The second-order valence-corrected chi connectivity index (χ2v) is 7.31. The minimum absolute atomic E-state index is 0. The zero-order valence-corrected chi connectivity index (χ0v) is 16.0. The maximum atomic E-state index is 12.7. The molecule has 1 amide bonds. The van der Waals surface area contributed by atoms with E-state index < -0.39 is 6.10 Å². The van der Waals surface area contributed by atoms with Crippen LogP contribution in [0.5, 0.6) is 5.75 Å². The number of carbonyl (C=O) groups excluding carboxylic acids is 1. The fourth-order valence-corrected chi connectivity index (χ4v) is 3.91. The van der Waals surface area contributed by atoms with Crippen LogP contribution in [-0.2, 0) is 4.79 Å². The maximum Gasteiger partial charge on any atom is 0.263 e. The van der Waals surface area contributed by atoms with Crippen molar-refractivity contribution in [2.75, 3.05) is 7.05 Å². The molecule has 3 atom stereocenters. The number of aryl methyl sites for hydroxylation is 1. The Kier molecular flexibility index (Phi) is 6.40. The Morgan fingerprint density at radius 3 is 2.58 bits per heavy atom. The van der Waals surface area contributed by atoms with Crippen LogP contribution in [0, 0.1) is 6.92 Å². The summed E-state index contributed by atoms with van der Waals surface area (Å²) in [6.45, 7) is 3.78. The van der Waals surface area contributed by atoms with Gasteiger partial charge in [-0.2, -0.15) is 0 Å². The number of halogens is 2. The van der Waals surface area contributed by atoms with E-state index in [-0.39, 0.29) is 18.3 Å². The number of ether oxygens (including phenoxy) is 1. The van der Waals surface area contributed by atoms with Gasteiger partial charge in [0, 0.05) is 25.2 Å². The molecule has 0 radical (unpaired) electrons. The van der Waals surface area contributed by atoms with Gasteiger partial charge in [-0.1, -0.05) is 17.7 Å². The molecule has 2 heterocycles. The highest BCUT2D eigenvalue weighted by molar-refractivity contribution is 6.32. The number of likely N-dealkylation sites (N-methyl/N-ethyl adjacent to an activating group) is 1. The zero-order valence-electron chi connectivity index (χ0n) is 14.4. The summed E-state index contributed by atoms with van der Waals surface area (Å²) >= 11 is 6.16. The van der Waals surface area contributed by atoms with Crippen LogP contribution in [0.3, 0.4) is 0 Å². The van der Waals surface area contributed by atoms with Crippen LogP contribution in [0.15, 0.2) is 18.2 Å². The topological polar surface area (TPSA) is 41.6 Å². The first-order chi connectivity index (χ1) is 10.9. The lowest BCUT2D eigenvalue weighted by Gasteiger charge is -2.36. The molecule has 0 spiro atoms. The third-order valence-electron chi connectivity index (χ3n) is 5.08. The van der Waals surface area contributed by atoms with Crippen LogP contribution in [0.2, 0.25) is 5.02 Å². The Labute approximate surface area is 155 Å². The summed E-state index contributed by atoms with van der Waals surface area (Å²) in [5.74, 6) is 0.597. The molecule has 134 valence electrons. The molecule has 2 bridgehead atoms. The van der Waals surface area contributed by atoms with Gasteiger partial charge in [0.1, 0.15) is 5.75 Å². The first kappa shape index (κ1) is 19.4. The molecule has 6 heteroatoms. The van der Waals surface area contributed by atoms with E-state index in [9.17, 15) is 4.79 Å². The van der Waals surface area contributed by atoms with Gasteiger partial charge in [0.15, 0.2) is 6.10 Å². The second-order valence-electron chi connectivity index (χ2n) is 6.91. The molecule has 24 heavy (non-hydrogen) atoms. The highest BCUT2D eigenvalue weighted by Crippen LogP contribution is 2.30. The van der Waals surface area contributed by atoms with Gasteiger partial charge in [-0.05, 0) is 57.2 Å². The lowest BCUT2D eigenvalue weighted by Crippen LogP contribution is -2.51. The standard InChI is InChI=1S/C18H25ClN2O2.ClH/c1-11-4-7-16(19)17(8-11)23-12(2)18(22)21(3)15-9-13-5-6-14(10-15)20-13;/h4,7-8,12-15,20H,5-6,9-10H2,1-3H3;1H. The number of piperidine rings is 1. The van der Waals surface area contributed by atoms with Crippen LogP contribution in [0.25, 0.3) is 0 Å². The highest BCUT2D eigenvalue weighted by Gasteiger charge is 2.37. The van der Waals surface area contributed by atoms with E-state index in [0.717, 1.165) is 18.4 Å². The number of hydrogen-bond donors (Lipinski definition) is 1. The van der Waals surface area contributed by atoms with E-state index >= 15 is 0 Å². The summed E-state index contributed by atoms with van der Waals surface area (Å²) in [4.78, 5) is 14.6. The van der Waals surface area contributed by atoms with Gasteiger partial charge in [0.05, 0.1) is 5.02 Å². The Morgan fingerprint density at radius 2 is 1.96 bits per heavy atom. The minimum atomic E-state index is -0.535. The molecule has 1 aromatic rings. The van der Waals surface area contributed by atoms with Gasteiger partial charge in [-0.3, -0.25) is 4.79 Å². The van der Waals surface area contributed by atoms with Crippen LogP contribution in [-0.4, -0.2) is 42.1 Å².